The highest BCUT2D eigenvalue weighted by atomic mass is 16.1. The van der Waals surface area contributed by atoms with E-state index in [0.717, 1.165) is 54.1 Å². The van der Waals surface area contributed by atoms with Crippen LogP contribution in [0, 0.1) is 0 Å². The number of nitrogens with zero attached hydrogens (tertiary/aromatic N) is 3. The van der Waals surface area contributed by atoms with E-state index >= 15 is 0 Å². The van der Waals surface area contributed by atoms with Gasteiger partial charge in [-0.25, -0.2) is 9.97 Å². The molecule has 0 radical (unpaired) electrons. The first kappa shape index (κ1) is 17.4. The molecule has 0 unspecified atom stereocenters. The van der Waals surface area contributed by atoms with Crippen LogP contribution in [0.1, 0.15) is 54.0 Å². The van der Waals surface area contributed by atoms with Crippen LogP contribution < -0.4 is 10.2 Å². The predicted molar refractivity (Wildman–Crippen MR) is 99.8 cm³/mol. The molecule has 0 spiro atoms. The van der Waals surface area contributed by atoms with Crippen LogP contribution in [0.25, 0.3) is 0 Å². The summed E-state index contributed by atoms with van der Waals surface area (Å²) in [6.07, 6.45) is 4.01. The zero-order valence-electron chi connectivity index (χ0n) is 15.2. The predicted octanol–water partition coefficient (Wildman–Crippen LogP) is 3.13. The molecule has 1 amide bonds. The van der Waals surface area contributed by atoms with E-state index in [4.69, 9.17) is 0 Å². The number of amides is 1. The molecular weight excluding hydrogens is 312 g/mol. The van der Waals surface area contributed by atoms with Crippen LogP contribution in [-0.2, 0) is 19.4 Å². The Morgan fingerprint density at radius 2 is 1.72 bits per heavy atom. The topological polar surface area (TPSA) is 58.1 Å². The van der Waals surface area contributed by atoms with Crippen molar-refractivity contribution in [1.82, 2.24) is 15.3 Å². The number of hydrogen-bond acceptors (Lipinski definition) is 4. The van der Waals surface area contributed by atoms with Gasteiger partial charge in [0.05, 0.1) is 0 Å². The maximum absolute atomic E-state index is 12.0. The molecule has 25 heavy (non-hydrogen) atoms. The second-order valence-electron chi connectivity index (χ2n) is 6.66. The van der Waals surface area contributed by atoms with Gasteiger partial charge >= 0.3 is 0 Å². The Balaban J connectivity index is 1.67. The number of aromatic nitrogens is 2. The first-order valence-electron chi connectivity index (χ1n) is 9.06. The van der Waals surface area contributed by atoms with Crippen molar-refractivity contribution in [3.05, 3.63) is 52.8 Å². The zero-order chi connectivity index (χ0) is 17.8. The molecule has 2 aromatic rings. The van der Waals surface area contributed by atoms with E-state index in [1.807, 2.05) is 31.3 Å². The van der Waals surface area contributed by atoms with Gasteiger partial charge < -0.3 is 10.2 Å². The lowest BCUT2D eigenvalue weighted by Crippen LogP contribution is -2.25. The third-order valence-corrected chi connectivity index (χ3v) is 4.43. The van der Waals surface area contributed by atoms with Gasteiger partial charge in [-0.05, 0) is 49.4 Å². The van der Waals surface area contributed by atoms with Crippen molar-refractivity contribution in [3.8, 4) is 0 Å². The molecular formula is C20H26N4O. The van der Waals surface area contributed by atoms with Crippen molar-refractivity contribution >= 4 is 11.9 Å². The summed E-state index contributed by atoms with van der Waals surface area (Å²) in [4.78, 5) is 23.4. The fourth-order valence-electron chi connectivity index (χ4n) is 2.67. The van der Waals surface area contributed by atoms with Crippen molar-refractivity contribution in [2.45, 2.75) is 52.1 Å². The Morgan fingerprint density at radius 3 is 2.24 bits per heavy atom. The quantitative estimate of drug-likeness (QED) is 0.843. The average Bonchev–Trinajstić information content (AvgIpc) is 3.45. The lowest BCUT2D eigenvalue weighted by Gasteiger charge is -2.19. The maximum atomic E-state index is 12.0. The average molecular weight is 338 g/mol. The molecule has 1 aromatic carbocycles. The van der Waals surface area contributed by atoms with Gasteiger partial charge in [-0.2, -0.15) is 0 Å². The molecule has 0 bridgehead atoms. The van der Waals surface area contributed by atoms with E-state index < -0.39 is 0 Å². The van der Waals surface area contributed by atoms with E-state index in [0.29, 0.717) is 12.6 Å². The lowest BCUT2D eigenvalue weighted by molar-refractivity contribution is 0.0951. The van der Waals surface area contributed by atoms with E-state index in [2.05, 4.69) is 40.1 Å². The smallest absolute Gasteiger partial charge is 0.251 e. The van der Waals surface area contributed by atoms with Crippen molar-refractivity contribution in [3.63, 3.8) is 0 Å². The standard InChI is InChI=1S/C20H26N4O/c1-4-16-12-17(5-2)23-20(22-16)24(3)13-14-6-8-15(9-7-14)19(25)21-18-10-11-18/h6-9,12,18H,4-5,10-11,13H2,1-3H3,(H,21,25). The molecule has 0 saturated heterocycles. The molecule has 1 aliphatic carbocycles. The lowest BCUT2D eigenvalue weighted by atomic mass is 10.1. The van der Waals surface area contributed by atoms with Gasteiger partial charge in [-0.3, -0.25) is 4.79 Å². The van der Waals surface area contributed by atoms with Crippen molar-refractivity contribution in [2.75, 3.05) is 11.9 Å². The number of anilines is 1. The largest absolute Gasteiger partial charge is 0.349 e. The van der Waals surface area contributed by atoms with Crippen LogP contribution in [0.15, 0.2) is 30.3 Å². The normalized spacial score (nSPS) is 13.6. The molecule has 1 aliphatic rings. The van der Waals surface area contributed by atoms with E-state index in [1.54, 1.807) is 0 Å². The summed E-state index contributed by atoms with van der Waals surface area (Å²) in [5.41, 5.74) is 3.99. The fourth-order valence-corrected chi connectivity index (χ4v) is 2.67. The van der Waals surface area contributed by atoms with Crippen LogP contribution >= 0.6 is 0 Å². The summed E-state index contributed by atoms with van der Waals surface area (Å²) in [5.74, 6) is 0.778. The third kappa shape index (κ3) is 4.56. The SMILES string of the molecule is CCc1cc(CC)nc(N(C)Cc2ccc(C(=O)NC3CC3)cc2)n1. The van der Waals surface area contributed by atoms with Crippen molar-refractivity contribution < 1.29 is 4.79 Å². The molecule has 132 valence electrons. The van der Waals surface area contributed by atoms with Crippen LogP contribution in [0.3, 0.4) is 0 Å². The van der Waals surface area contributed by atoms with Crippen LogP contribution in [0.2, 0.25) is 0 Å². The highest BCUT2D eigenvalue weighted by Crippen LogP contribution is 2.19. The Labute approximate surface area is 149 Å². The molecule has 1 saturated carbocycles. The number of carbonyl (C=O) groups excluding carboxylic acids is 1. The molecule has 3 rings (SSSR count). The minimum Gasteiger partial charge on any atom is -0.349 e. The van der Waals surface area contributed by atoms with E-state index in [1.165, 1.54) is 0 Å². The Morgan fingerprint density at radius 1 is 1.12 bits per heavy atom. The van der Waals surface area contributed by atoms with Gasteiger partial charge in [0, 0.05) is 36.6 Å². The first-order valence-corrected chi connectivity index (χ1v) is 9.06. The number of rotatable bonds is 7. The summed E-state index contributed by atoms with van der Waals surface area (Å²) in [7, 11) is 2.00. The summed E-state index contributed by atoms with van der Waals surface area (Å²) in [6, 6.07) is 10.2. The molecule has 0 aliphatic heterocycles. The number of nitrogens with one attached hydrogen (secondary N) is 1. The second kappa shape index (κ2) is 7.64. The first-order chi connectivity index (χ1) is 12.1. The molecule has 1 N–H and O–H groups in total. The summed E-state index contributed by atoms with van der Waals surface area (Å²) >= 11 is 0. The fraction of sp³-hybridized carbons (Fsp3) is 0.450. The highest BCUT2D eigenvalue weighted by molar-refractivity contribution is 5.94. The highest BCUT2D eigenvalue weighted by Gasteiger charge is 2.23. The molecule has 5 nitrogen and oxygen atoms in total. The van der Waals surface area contributed by atoms with Crippen LogP contribution in [-0.4, -0.2) is 29.0 Å². The van der Waals surface area contributed by atoms with E-state index in [-0.39, 0.29) is 5.91 Å². The molecule has 1 fully saturated rings. The van der Waals surface area contributed by atoms with Gasteiger partial charge in [0.1, 0.15) is 0 Å². The second-order valence-corrected chi connectivity index (χ2v) is 6.66. The number of carbonyl (C=O) groups is 1. The minimum absolute atomic E-state index is 0.0222. The number of hydrogen-bond donors (Lipinski definition) is 1. The summed E-state index contributed by atoms with van der Waals surface area (Å²) in [5, 5.41) is 3.01. The third-order valence-electron chi connectivity index (χ3n) is 4.43. The number of aryl methyl sites for hydroxylation is 2. The van der Waals surface area contributed by atoms with Crippen LogP contribution in [0.4, 0.5) is 5.95 Å². The van der Waals surface area contributed by atoms with E-state index in [9.17, 15) is 4.79 Å². The van der Waals surface area contributed by atoms with Gasteiger partial charge in [0.25, 0.3) is 5.91 Å². The Kier molecular flexibility index (Phi) is 5.31. The molecule has 0 atom stereocenters. The molecule has 1 aromatic heterocycles. The molecule has 1 heterocycles. The Bertz CT molecular complexity index is 716. The summed E-state index contributed by atoms with van der Waals surface area (Å²) < 4.78 is 0. The van der Waals surface area contributed by atoms with Gasteiger partial charge in [-0.15, -0.1) is 0 Å². The summed E-state index contributed by atoms with van der Waals surface area (Å²) in [6.45, 7) is 4.93. The zero-order valence-corrected chi connectivity index (χ0v) is 15.2. The maximum Gasteiger partial charge on any atom is 0.251 e. The number of benzene rings is 1. The molecule has 5 heteroatoms. The monoisotopic (exact) mass is 338 g/mol. The van der Waals surface area contributed by atoms with Crippen molar-refractivity contribution in [2.24, 2.45) is 0 Å². The Hall–Kier alpha value is -2.43. The minimum atomic E-state index is 0.0222. The van der Waals surface area contributed by atoms with Gasteiger partial charge in [-0.1, -0.05) is 26.0 Å². The van der Waals surface area contributed by atoms with Crippen LogP contribution in [0.5, 0.6) is 0 Å². The van der Waals surface area contributed by atoms with Crippen molar-refractivity contribution in [1.29, 1.82) is 0 Å². The van der Waals surface area contributed by atoms with Gasteiger partial charge in [0.15, 0.2) is 0 Å². The van der Waals surface area contributed by atoms with Gasteiger partial charge in [0.2, 0.25) is 5.95 Å².